The Bertz CT molecular complexity index is 616. The highest BCUT2D eigenvalue weighted by atomic mass is 19.1. The molecule has 20 heavy (non-hydrogen) atoms. The van der Waals surface area contributed by atoms with Crippen molar-refractivity contribution in [3.8, 4) is 0 Å². The van der Waals surface area contributed by atoms with Crippen LogP contribution in [0, 0.1) is 5.82 Å². The minimum atomic E-state index is -0.320. The van der Waals surface area contributed by atoms with Gasteiger partial charge in [-0.2, -0.15) is 0 Å². The number of rotatable bonds is 3. The largest absolute Gasteiger partial charge is 0.378 e. The van der Waals surface area contributed by atoms with E-state index in [1.54, 1.807) is 24.3 Å². The number of amides is 1. The lowest BCUT2D eigenvalue weighted by atomic mass is 10.2. The molecule has 0 radical (unpaired) electrons. The van der Waals surface area contributed by atoms with Gasteiger partial charge in [0, 0.05) is 31.6 Å². The highest BCUT2D eigenvalue weighted by molar-refractivity contribution is 6.01. The second-order valence-corrected chi connectivity index (χ2v) is 4.56. The summed E-state index contributed by atoms with van der Waals surface area (Å²) in [5.74, 6) is -0.632. The van der Waals surface area contributed by atoms with E-state index >= 15 is 0 Å². The van der Waals surface area contributed by atoms with Gasteiger partial charge in [-0.25, -0.2) is 9.38 Å². The molecule has 0 spiro atoms. The summed E-state index contributed by atoms with van der Waals surface area (Å²) in [6.45, 7) is 0. The molecule has 0 N–H and O–H groups in total. The van der Waals surface area contributed by atoms with E-state index < -0.39 is 0 Å². The molecule has 0 saturated carbocycles. The van der Waals surface area contributed by atoms with Gasteiger partial charge in [0.2, 0.25) is 0 Å². The Morgan fingerprint density at radius 1 is 1.05 bits per heavy atom. The number of carbonyl (C=O) groups excluding carboxylic acids is 1. The molecule has 4 heteroatoms. The summed E-state index contributed by atoms with van der Waals surface area (Å²) in [4.78, 5) is 17.7. The van der Waals surface area contributed by atoms with E-state index in [0.717, 1.165) is 5.69 Å². The summed E-state index contributed by atoms with van der Waals surface area (Å²) in [6, 6.07) is 13.0. The van der Waals surface area contributed by atoms with Crippen LogP contribution in [0.4, 0.5) is 10.1 Å². The molecule has 0 bridgehead atoms. The van der Waals surface area contributed by atoms with Gasteiger partial charge in [0.05, 0.1) is 0 Å². The number of hydrogen-bond acceptors (Lipinski definition) is 2. The second-order valence-electron chi connectivity index (χ2n) is 4.56. The summed E-state index contributed by atoms with van der Waals surface area (Å²) in [7, 11) is 3.87. The van der Waals surface area contributed by atoms with Gasteiger partial charge in [-0.3, -0.25) is 4.79 Å². The van der Waals surface area contributed by atoms with Crippen LogP contribution in [0.5, 0.6) is 0 Å². The lowest BCUT2D eigenvalue weighted by Crippen LogP contribution is -2.08. The van der Waals surface area contributed by atoms with E-state index in [1.807, 2.05) is 31.1 Å². The molecule has 3 nitrogen and oxygen atoms in total. The van der Waals surface area contributed by atoms with Crippen molar-refractivity contribution in [2.45, 2.75) is 0 Å². The maximum absolute atomic E-state index is 12.7. The summed E-state index contributed by atoms with van der Waals surface area (Å²) in [5, 5.41) is 0. The van der Waals surface area contributed by atoms with Crippen LogP contribution < -0.4 is 4.90 Å². The molecule has 0 heterocycles. The van der Waals surface area contributed by atoms with Crippen LogP contribution in [0.15, 0.2) is 53.5 Å². The fraction of sp³-hybridized carbons (Fsp3) is 0.125. The number of carbonyl (C=O) groups is 1. The lowest BCUT2D eigenvalue weighted by molar-refractivity contribution is 0.100. The predicted octanol–water partition coefficient (Wildman–Crippen LogP) is 3.15. The normalized spacial score (nSPS) is 10.8. The number of aliphatic imine (C=N–C) groups is 1. The van der Waals surface area contributed by atoms with Crippen molar-refractivity contribution in [2.24, 2.45) is 4.99 Å². The summed E-state index contributed by atoms with van der Waals surface area (Å²) in [5.41, 5.74) is 2.22. The average Bonchev–Trinajstić information content (AvgIpc) is 2.46. The zero-order valence-electron chi connectivity index (χ0n) is 11.4. The van der Waals surface area contributed by atoms with Crippen molar-refractivity contribution in [3.63, 3.8) is 0 Å². The molecule has 2 aromatic rings. The molecule has 102 valence electrons. The molecule has 0 atom stereocenters. The van der Waals surface area contributed by atoms with Crippen molar-refractivity contribution in [1.82, 2.24) is 0 Å². The standard InChI is InChI=1S/C16H15FN2O/c1-19(2)15-9-5-13(6-10-15)16(20)18-11-12-3-7-14(17)8-4-12/h3-11H,1-2H3. The van der Waals surface area contributed by atoms with E-state index in [2.05, 4.69) is 4.99 Å². The first-order valence-electron chi connectivity index (χ1n) is 6.17. The van der Waals surface area contributed by atoms with E-state index in [1.165, 1.54) is 18.3 Å². The van der Waals surface area contributed by atoms with E-state index in [-0.39, 0.29) is 11.7 Å². The van der Waals surface area contributed by atoms with Crippen LogP contribution in [0.1, 0.15) is 15.9 Å². The Morgan fingerprint density at radius 2 is 1.65 bits per heavy atom. The van der Waals surface area contributed by atoms with Gasteiger partial charge in [-0.15, -0.1) is 0 Å². The van der Waals surface area contributed by atoms with Gasteiger partial charge in [-0.1, -0.05) is 12.1 Å². The molecule has 0 saturated heterocycles. The minimum absolute atomic E-state index is 0.312. The monoisotopic (exact) mass is 270 g/mol. The zero-order chi connectivity index (χ0) is 14.5. The summed E-state index contributed by atoms with van der Waals surface area (Å²) >= 11 is 0. The van der Waals surface area contributed by atoms with Crippen molar-refractivity contribution in [1.29, 1.82) is 0 Å². The van der Waals surface area contributed by atoms with Gasteiger partial charge in [0.25, 0.3) is 5.91 Å². The Morgan fingerprint density at radius 3 is 2.20 bits per heavy atom. The highest BCUT2D eigenvalue weighted by Gasteiger charge is 2.03. The number of benzene rings is 2. The Labute approximate surface area is 117 Å². The highest BCUT2D eigenvalue weighted by Crippen LogP contribution is 2.13. The maximum Gasteiger partial charge on any atom is 0.276 e. The minimum Gasteiger partial charge on any atom is -0.378 e. The summed E-state index contributed by atoms with van der Waals surface area (Å²) < 4.78 is 12.7. The van der Waals surface area contributed by atoms with Gasteiger partial charge in [0.1, 0.15) is 5.82 Å². The molecule has 1 amide bonds. The number of nitrogens with zero attached hydrogens (tertiary/aromatic N) is 2. The molecular formula is C16H15FN2O. The quantitative estimate of drug-likeness (QED) is 0.803. The molecule has 0 aromatic heterocycles. The molecule has 0 aliphatic heterocycles. The molecule has 0 unspecified atom stereocenters. The van der Waals surface area contributed by atoms with Crippen LogP contribution in [-0.2, 0) is 0 Å². The molecule has 0 fully saturated rings. The molecular weight excluding hydrogens is 255 g/mol. The molecule has 0 aliphatic rings. The fourth-order valence-electron chi connectivity index (χ4n) is 1.66. The van der Waals surface area contributed by atoms with E-state index in [9.17, 15) is 9.18 Å². The van der Waals surface area contributed by atoms with Crippen LogP contribution in [0.25, 0.3) is 0 Å². The first-order valence-corrected chi connectivity index (χ1v) is 6.17. The molecule has 0 aliphatic carbocycles. The topological polar surface area (TPSA) is 32.7 Å². The van der Waals surface area contributed by atoms with Crippen LogP contribution in [-0.4, -0.2) is 26.2 Å². The Kier molecular flexibility index (Phi) is 4.25. The third-order valence-corrected chi connectivity index (χ3v) is 2.83. The van der Waals surface area contributed by atoms with Crippen molar-refractivity contribution in [3.05, 3.63) is 65.5 Å². The number of hydrogen-bond donors (Lipinski definition) is 0. The Hall–Kier alpha value is -2.49. The van der Waals surface area contributed by atoms with Crippen LogP contribution in [0.2, 0.25) is 0 Å². The smallest absolute Gasteiger partial charge is 0.276 e. The van der Waals surface area contributed by atoms with Crippen LogP contribution >= 0.6 is 0 Å². The van der Waals surface area contributed by atoms with Gasteiger partial charge < -0.3 is 4.90 Å². The van der Waals surface area contributed by atoms with Gasteiger partial charge in [0.15, 0.2) is 0 Å². The second kappa shape index (κ2) is 6.10. The maximum atomic E-state index is 12.7. The number of anilines is 1. The van der Waals surface area contributed by atoms with E-state index in [4.69, 9.17) is 0 Å². The van der Waals surface area contributed by atoms with Crippen molar-refractivity contribution in [2.75, 3.05) is 19.0 Å². The summed E-state index contributed by atoms with van der Waals surface area (Å²) in [6.07, 6.45) is 1.43. The predicted molar refractivity (Wildman–Crippen MR) is 79.1 cm³/mol. The SMILES string of the molecule is CN(C)c1ccc(C(=O)N=Cc2ccc(F)cc2)cc1. The third-order valence-electron chi connectivity index (χ3n) is 2.83. The van der Waals surface area contributed by atoms with Gasteiger partial charge in [-0.05, 0) is 42.0 Å². The lowest BCUT2D eigenvalue weighted by Gasteiger charge is -2.11. The average molecular weight is 270 g/mol. The Balaban J connectivity index is 2.09. The first-order chi connectivity index (χ1) is 9.56. The number of halogens is 1. The van der Waals surface area contributed by atoms with Crippen molar-refractivity contribution < 1.29 is 9.18 Å². The molecule has 2 rings (SSSR count). The first kappa shape index (κ1) is 13.9. The van der Waals surface area contributed by atoms with Crippen LogP contribution in [0.3, 0.4) is 0 Å². The van der Waals surface area contributed by atoms with Crippen molar-refractivity contribution >= 4 is 17.8 Å². The zero-order valence-corrected chi connectivity index (χ0v) is 11.4. The molecule has 2 aromatic carbocycles. The fourth-order valence-corrected chi connectivity index (χ4v) is 1.66. The van der Waals surface area contributed by atoms with Gasteiger partial charge >= 0.3 is 0 Å². The third kappa shape index (κ3) is 3.51. The van der Waals surface area contributed by atoms with E-state index in [0.29, 0.717) is 11.1 Å².